The number of Topliss-reactive ketones (excluding diaryl/α,β-unsaturated/α-hetero) is 1. The normalized spacial score (nSPS) is 14.0. The van der Waals surface area contributed by atoms with Crippen LogP contribution in [-0.2, 0) is 6.42 Å². The number of hydrogen-bond donors (Lipinski definition) is 1. The van der Waals surface area contributed by atoms with Gasteiger partial charge in [-0.2, -0.15) is 0 Å². The highest BCUT2D eigenvalue weighted by atomic mass is 16.5. The Morgan fingerprint density at radius 1 is 1.28 bits per heavy atom. The zero-order valence-corrected chi connectivity index (χ0v) is 10.4. The number of aryl methyl sites for hydroxylation is 2. The maximum Gasteiger partial charge on any atom is 0.165 e. The summed E-state index contributed by atoms with van der Waals surface area (Å²) in [5, 5.41) is 12.0. The number of ketones is 1. The average Bonchev–Trinajstić information content (AvgIpc) is 2.75. The molecule has 0 fully saturated rings. The molecule has 2 aromatic rings. The second-order valence-electron chi connectivity index (χ2n) is 4.68. The maximum absolute atomic E-state index is 11.7. The van der Waals surface area contributed by atoms with E-state index >= 15 is 0 Å². The average molecular weight is 242 g/mol. The number of fused-ring (bicyclic) bond motifs is 3. The zero-order chi connectivity index (χ0) is 12.9. The van der Waals surface area contributed by atoms with E-state index < -0.39 is 0 Å². The van der Waals surface area contributed by atoms with Crippen LogP contribution in [0.5, 0.6) is 11.5 Å². The highest BCUT2D eigenvalue weighted by Crippen LogP contribution is 2.41. The molecule has 0 unspecified atom stereocenters. The van der Waals surface area contributed by atoms with Crippen molar-refractivity contribution >= 4 is 16.6 Å². The zero-order valence-electron chi connectivity index (χ0n) is 10.4. The number of rotatable bonds is 1. The van der Waals surface area contributed by atoms with E-state index in [4.69, 9.17) is 4.74 Å². The van der Waals surface area contributed by atoms with Gasteiger partial charge in [-0.1, -0.05) is 12.1 Å². The van der Waals surface area contributed by atoms with Crippen molar-refractivity contribution in [1.29, 1.82) is 0 Å². The number of ether oxygens (including phenoxy) is 1. The quantitative estimate of drug-likeness (QED) is 0.836. The summed E-state index contributed by atoms with van der Waals surface area (Å²) in [5.41, 5.74) is 2.74. The molecule has 3 rings (SSSR count). The van der Waals surface area contributed by atoms with Crippen LogP contribution in [0.25, 0.3) is 10.8 Å². The molecule has 0 aromatic heterocycles. The number of phenolic OH excluding ortho intramolecular Hbond substituents is 1. The van der Waals surface area contributed by atoms with Gasteiger partial charge in [0.2, 0.25) is 0 Å². The van der Waals surface area contributed by atoms with E-state index in [0.717, 1.165) is 27.5 Å². The fourth-order valence-corrected chi connectivity index (χ4v) is 2.76. The summed E-state index contributed by atoms with van der Waals surface area (Å²) < 4.78 is 5.19. The summed E-state index contributed by atoms with van der Waals surface area (Å²) in [6, 6.07) is 5.60. The van der Waals surface area contributed by atoms with Gasteiger partial charge in [-0.3, -0.25) is 4.79 Å². The van der Waals surface area contributed by atoms with Gasteiger partial charge in [-0.25, -0.2) is 0 Å². The van der Waals surface area contributed by atoms with Gasteiger partial charge >= 0.3 is 0 Å². The lowest BCUT2D eigenvalue weighted by molar-refractivity contribution is 0.0994. The lowest BCUT2D eigenvalue weighted by Gasteiger charge is -2.12. The van der Waals surface area contributed by atoms with E-state index in [1.165, 1.54) is 7.11 Å². The minimum absolute atomic E-state index is 0.143. The first kappa shape index (κ1) is 11.1. The van der Waals surface area contributed by atoms with Gasteiger partial charge in [-0.05, 0) is 35.9 Å². The standard InChI is InChI=1S/C15H14O3/c1-8-7-13(18-2)15(17)14-9(8)3-4-10-11(14)5-6-12(10)16/h3-4,7,17H,5-6H2,1-2H3. The first-order valence-corrected chi connectivity index (χ1v) is 5.99. The highest BCUT2D eigenvalue weighted by Gasteiger charge is 2.24. The first-order valence-electron chi connectivity index (χ1n) is 5.99. The molecule has 1 N–H and O–H groups in total. The first-order chi connectivity index (χ1) is 8.63. The summed E-state index contributed by atoms with van der Waals surface area (Å²) in [6.07, 6.45) is 1.23. The second kappa shape index (κ2) is 3.73. The third-order valence-corrected chi connectivity index (χ3v) is 3.68. The molecule has 3 heteroatoms. The van der Waals surface area contributed by atoms with Crippen LogP contribution in [0.3, 0.4) is 0 Å². The molecule has 0 saturated heterocycles. The molecule has 92 valence electrons. The number of methoxy groups -OCH3 is 1. The molecule has 0 atom stereocenters. The number of carbonyl (C=O) groups excluding carboxylic acids is 1. The Bertz CT molecular complexity index is 671. The van der Waals surface area contributed by atoms with Crippen molar-refractivity contribution in [2.45, 2.75) is 19.8 Å². The van der Waals surface area contributed by atoms with Crippen molar-refractivity contribution in [2.75, 3.05) is 7.11 Å². The summed E-state index contributed by atoms with van der Waals surface area (Å²) in [6.45, 7) is 1.98. The monoisotopic (exact) mass is 242 g/mol. The molecular formula is C15H14O3. The highest BCUT2D eigenvalue weighted by molar-refractivity contribution is 6.08. The molecule has 0 aliphatic heterocycles. The third kappa shape index (κ3) is 1.33. The fraction of sp³-hybridized carbons (Fsp3) is 0.267. The van der Waals surface area contributed by atoms with Crippen molar-refractivity contribution < 1.29 is 14.6 Å². The Morgan fingerprint density at radius 2 is 2.06 bits per heavy atom. The van der Waals surface area contributed by atoms with Crippen molar-refractivity contribution in [3.63, 3.8) is 0 Å². The smallest absolute Gasteiger partial charge is 0.165 e. The van der Waals surface area contributed by atoms with Gasteiger partial charge in [0.1, 0.15) is 0 Å². The summed E-state index contributed by atoms with van der Waals surface area (Å²) in [5.74, 6) is 0.768. The van der Waals surface area contributed by atoms with Crippen LogP contribution in [0.15, 0.2) is 18.2 Å². The van der Waals surface area contributed by atoms with Gasteiger partial charge < -0.3 is 9.84 Å². The number of phenols is 1. The number of aromatic hydroxyl groups is 1. The summed E-state index contributed by atoms with van der Waals surface area (Å²) in [4.78, 5) is 11.7. The molecule has 1 aliphatic carbocycles. The molecule has 0 bridgehead atoms. The van der Waals surface area contributed by atoms with Crippen molar-refractivity contribution in [3.8, 4) is 11.5 Å². The molecular weight excluding hydrogens is 228 g/mol. The van der Waals surface area contributed by atoms with Gasteiger partial charge in [0.15, 0.2) is 17.3 Å². The Labute approximate surface area is 105 Å². The van der Waals surface area contributed by atoms with E-state index in [0.29, 0.717) is 18.6 Å². The van der Waals surface area contributed by atoms with E-state index in [1.807, 2.05) is 25.1 Å². The lowest BCUT2D eigenvalue weighted by atomic mass is 9.96. The molecule has 0 heterocycles. The van der Waals surface area contributed by atoms with Crippen LogP contribution in [-0.4, -0.2) is 18.0 Å². The summed E-state index contributed by atoms with van der Waals surface area (Å²) in [7, 11) is 1.54. The number of benzene rings is 2. The van der Waals surface area contributed by atoms with Gasteiger partial charge in [0, 0.05) is 17.4 Å². The summed E-state index contributed by atoms with van der Waals surface area (Å²) >= 11 is 0. The minimum Gasteiger partial charge on any atom is -0.504 e. The minimum atomic E-state index is 0.143. The Hall–Kier alpha value is -2.03. The largest absolute Gasteiger partial charge is 0.504 e. The predicted octanol–water partition coefficient (Wildman–Crippen LogP) is 2.99. The van der Waals surface area contributed by atoms with E-state index in [1.54, 1.807) is 0 Å². The van der Waals surface area contributed by atoms with Gasteiger partial charge in [0.05, 0.1) is 7.11 Å². The number of carbonyl (C=O) groups is 1. The third-order valence-electron chi connectivity index (χ3n) is 3.68. The van der Waals surface area contributed by atoms with Crippen LogP contribution in [0.1, 0.15) is 27.9 Å². The SMILES string of the molecule is COc1cc(C)c2ccc3c(c2c1O)CCC3=O. The maximum atomic E-state index is 11.7. The van der Waals surface area contributed by atoms with Crippen LogP contribution in [0.2, 0.25) is 0 Å². The van der Waals surface area contributed by atoms with Gasteiger partial charge in [-0.15, -0.1) is 0 Å². The lowest BCUT2D eigenvalue weighted by Crippen LogP contribution is -1.94. The molecule has 0 radical (unpaired) electrons. The van der Waals surface area contributed by atoms with E-state index in [2.05, 4.69) is 0 Å². The topological polar surface area (TPSA) is 46.5 Å². The predicted molar refractivity (Wildman–Crippen MR) is 69.6 cm³/mol. The molecule has 1 aliphatic rings. The number of hydrogen-bond acceptors (Lipinski definition) is 3. The van der Waals surface area contributed by atoms with Crippen LogP contribution >= 0.6 is 0 Å². The fourth-order valence-electron chi connectivity index (χ4n) is 2.76. The molecule has 0 spiro atoms. The van der Waals surface area contributed by atoms with Crippen molar-refractivity contribution in [3.05, 3.63) is 34.9 Å². The van der Waals surface area contributed by atoms with Gasteiger partial charge in [0.25, 0.3) is 0 Å². The van der Waals surface area contributed by atoms with Crippen molar-refractivity contribution in [1.82, 2.24) is 0 Å². The molecule has 0 amide bonds. The van der Waals surface area contributed by atoms with Crippen LogP contribution in [0.4, 0.5) is 0 Å². The Kier molecular flexibility index (Phi) is 2.30. The second-order valence-corrected chi connectivity index (χ2v) is 4.68. The molecule has 0 saturated carbocycles. The Balaban J connectivity index is 2.47. The Morgan fingerprint density at radius 3 is 2.78 bits per heavy atom. The van der Waals surface area contributed by atoms with Crippen LogP contribution in [0, 0.1) is 6.92 Å². The van der Waals surface area contributed by atoms with Crippen molar-refractivity contribution in [2.24, 2.45) is 0 Å². The van der Waals surface area contributed by atoms with E-state index in [9.17, 15) is 9.90 Å². The van der Waals surface area contributed by atoms with Crippen LogP contribution < -0.4 is 4.74 Å². The molecule has 2 aromatic carbocycles. The molecule has 3 nitrogen and oxygen atoms in total. The molecule has 18 heavy (non-hydrogen) atoms. The van der Waals surface area contributed by atoms with E-state index in [-0.39, 0.29) is 11.5 Å².